The smallest absolute Gasteiger partial charge is 0.227 e. The third kappa shape index (κ3) is 3.31. The number of carbonyl (C=O) groups excluding carboxylic acids is 1. The van der Waals surface area contributed by atoms with Gasteiger partial charge in [0.15, 0.2) is 0 Å². The molecular weight excluding hydrogens is 254 g/mol. The van der Waals surface area contributed by atoms with Gasteiger partial charge in [0.1, 0.15) is 5.75 Å². The summed E-state index contributed by atoms with van der Waals surface area (Å²) in [6.07, 6.45) is 1.46. The Hall–Kier alpha value is -1.55. The first kappa shape index (κ1) is 14.9. The summed E-state index contributed by atoms with van der Waals surface area (Å²) < 4.78 is 5.40. The predicted octanol–water partition coefficient (Wildman–Crippen LogP) is 1.84. The molecule has 1 saturated heterocycles. The molecule has 4 heteroatoms. The first-order valence-corrected chi connectivity index (χ1v) is 7.11. The van der Waals surface area contributed by atoms with Crippen LogP contribution < -0.4 is 4.74 Å². The van der Waals surface area contributed by atoms with Gasteiger partial charge in [0, 0.05) is 18.7 Å². The fraction of sp³-hybridized carbons (Fsp3) is 0.562. The number of aryl methyl sites for hydroxylation is 2. The van der Waals surface area contributed by atoms with Gasteiger partial charge >= 0.3 is 0 Å². The van der Waals surface area contributed by atoms with Crippen LogP contribution in [-0.4, -0.2) is 42.2 Å². The number of carbonyl (C=O) groups is 1. The minimum absolute atomic E-state index is 0.113. The number of hydrogen-bond donors (Lipinski definition) is 1. The van der Waals surface area contributed by atoms with E-state index in [0.717, 1.165) is 22.4 Å². The van der Waals surface area contributed by atoms with E-state index >= 15 is 0 Å². The zero-order chi connectivity index (χ0) is 14.7. The van der Waals surface area contributed by atoms with E-state index in [0.29, 0.717) is 32.4 Å². The molecule has 0 radical (unpaired) electrons. The summed E-state index contributed by atoms with van der Waals surface area (Å²) >= 11 is 0. The highest BCUT2D eigenvalue weighted by molar-refractivity contribution is 5.80. The largest absolute Gasteiger partial charge is 0.496 e. The van der Waals surface area contributed by atoms with E-state index in [-0.39, 0.29) is 12.0 Å². The highest BCUT2D eigenvalue weighted by atomic mass is 16.5. The predicted molar refractivity (Wildman–Crippen MR) is 78.0 cm³/mol. The average molecular weight is 277 g/mol. The lowest BCUT2D eigenvalue weighted by Crippen LogP contribution is -2.40. The minimum atomic E-state index is -0.255. The van der Waals surface area contributed by atoms with Crippen molar-refractivity contribution in [3.8, 4) is 5.75 Å². The molecule has 4 nitrogen and oxygen atoms in total. The molecule has 0 aromatic heterocycles. The van der Waals surface area contributed by atoms with Gasteiger partial charge < -0.3 is 14.7 Å². The topological polar surface area (TPSA) is 49.8 Å². The summed E-state index contributed by atoms with van der Waals surface area (Å²) in [6, 6.07) is 4.04. The van der Waals surface area contributed by atoms with Gasteiger partial charge in [0.05, 0.1) is 19.6 Å². The Morgan fingerprint density at radius 3 is 2.60 bits per heavy atom. The Morgan fingerprint density at radius 2 is 2.00 bits per heavy atom. The highest BCUT2D eigenvalue weighted by Crippen LogP contribution is 2.25. The quantitative estimate of drug-likeness (QED) is 0.917. The van der Waals surface area contributed by atoms with Crippen molar-refractivity contribution in [2.75, 3.05) is 20.2 Å². The maximum atomic E-state index is 12.4. The van der Waals surface area contributed by atoms with Crippen LogP contribution in [0.3, 0.4) is 0 Å². The molecule has 1 heterocycles. The van der Waals surface area contributed by atoms with Crippen LogP contribution in [0.15, 0.2) is 12.1 Å². The molecule has 1 amide bonds. The van der Waals surface area contributed by atoms with Gasteiger partial charge in [0.2, 0.25) is 5.91 Å². The lowest BCUT2D eigenvalue weighted by atomic mass is 10.00. The molecule has 1 fully saturated rings. The van der Waals surface area contributed by atoms with Crippen molar-refractivity contribution in [1.82, 2.24) is 4.90 Å². The number of methoxy groups -OCH3 is 1. The average Bonchev–Trinajstić information content (AvgIpc) is 2.42. The molecule has 0 unspecified atom stereocenters. The number of ether oxygens (including phenoxy) is 1. The summed E-state index contributed by atoms with van der Waals surface area (Å²) in [5.41, 5.74) is 3.19. The van der Waals surface area contributed by atoms with Crippen molar-refractivity contribution >= 4 is 5.91 Å². The Morgan fingerprint density at radius 1 is 1.35 bits per heavy atom. The molecule has 0 aliphatic carbocycles. The van der Waals surface area contributed by atoms with E-state index in [4.69, 9.17) is 4.74 Å². The van der Waals surface area contributed by atoms with Gasteiger partial charge in [-0.2, -0.15) is 0 Å². The molecule has 2 rings (SSSR count). The summed E-state index contributed by atoms with van der Waals surface area (Å²) in [7, 11) is 1.64. The normalized spacial score (nSPS) is 16.3. The van der Waals surface area contributed by atoms with Crippen LogP contribution in [-0.2, 0) is 11.2 Å². The maximum absolute atomic E-state index is 12.4. The Kier molecular flexibility index (Phi) is 4.65. The molecule has 20 heavy (non-hydrogen) atoms. The third-order valence-corrected chi connectivity index (χ3v) is 3.94. The fourth-order valence-electron chi connectivity index (χ4n) is 2.75. The second-order valence-electron chi connectivity index (χ2n) is 5.55. The van der Waals surface area contributed by atoms with Crippen LogP contribution in [0.2, 0.25) is 0 Å². The second-order valence-corrected chi connectivity index (χ2v) is 5.55. The van der Waals surface area contributed by atoms with Gasteiger partial charge in [-0.15, -0.1) is 0 Å². The highest BCUT2D eigenvalue weighted by Gasteiger charge is 2.22. The van der Waals surface area contributed by atoms with Gasteiger partial charge in [-0.25, -0.2) is 0 Å². The first-order chi connectivity index (χ1) is 9.51. The number of amides is 1. The minimum Gasteiger partial charge on any atom is -0.496 e. The fourth-order valence-corrected chi connectivity index (χ4v) is 2.75. The van der Waals surface area contributed by atoms with Crippen molar-refractivity contribution in [1.29, 1.82) is 0 Å². The number of nitrogens with zero attached hydrogens (tertiary/aromatic N) is 1. The summed E-state index contributed by atoms with van der Waals surface area (Å²) in [4.78, 5) is 14.2. The van der Waals surface area contributed by atoms with Gasteiger partial charge in [0.25, 0.3) is 0 Å². The van der Waals surface area contributed by atoms with Crippen molar-refractivity contribution in [3.63, 3.8) is 0 Å². The second kappa shape index (κ2) is 6.27. The Labute approximate surface area is 120 Å². The summed E-state index contributed by atoms with van der Waals surface area (Å²) in [5.74, 6) is 0.898. The summed E-state index contributed by atoms with van der Waals surface area (Å²) in [5, 5.41) is 9.50. The number of likely N-dealkylation sites (tertiary alicyclic amines) is 1. The summed E-state index contributed by atoms with van der Waals surface area (Å²) in [6.45, 7) is 5.33. The Bertz CT molecular complexity index is 491. The number of aliphatic hydroxyl groups excluding tert-OH is 1. The van der Waals surface area contributed by atoms with E-state index in [1.165, 1.54) is 0 Å². The maximum Gasteiger partial charge on any atom is 0.227 e. The van der Waals surface area contributed by atoms with E-state index in [9.17, 15) is 9.90 Å². The van der Waals surface area contributed by atoms with Crippen LogP contribution in [0, 0.1) is 13.8 Å². The van der Waals surface area contributed by atoms with E-state index in [1.807, 2.05) is 24.8 Å². The van der Waals surface area contributed by atoms with Crippen LogP contribution in [0.25, 0.3) is 0 Å². The lowest BCUT2D eigenvalue weighted by Gasteiger charge is -2.30. The zero-order valence-electron chi connectivity index (χ0n) is 12.5. The number of aliphatic hydroxyl groups is 1. The van der Waals surface area contributed by atoms with Crippen LogP contribution in [0.4, 0.5) is 0 Å². The molecular formula is C16H23NO3. The number of rotatable bonds is 3. The molecule has 0 bridgehead atoms. The number of hydrogen-bond acceptors (Lipinski definition) is 3. The van der Waals surface area contributed by atoms with Gasteiger partial charge in [-0.3, -0.25) is 4.79 Å². The van der Waals surface area contributed by atoms with Crippen molar-refractivity contribution in [2.45, 2.75) is 39.2 Å². The van der Waals surface area contributed by atoms with Crippen molar-refractivity contribution in [3.05, 3.63) is 28.8 Å². The molecule has 110 valence electrons. The monoisotopic (exact) mass is 277 g/mol. The van der Waals surface area contributed by atoms with Crippen molar-refractivity contribution < 1.29 is 14.6 Å². The molecule has 1 aromatic rings. The molecule has 1 aliphatic rings. The van der Waals surface area contributed by atoms with Crippen molar-refractivity contribution in [2.24, 2.45) is 0 Å². The van der Waals surface area contributed by atoms with Gasteiger partial charge in [-0.1, -0.05) is 6.07 Å². The standard InChI is InChI=1S/C16H23NO3/c1-11-8-12(2)14(15(9-11)20-3)10-16(19)17-6-4-13(18)5-7-17/h8-9,13,18H,4-7,10H2,1-3H3. The number of benzene rings is 1. The number of piperidine rings is 1. The molecule has 0 atom stereocenters. The van der Waals surface area contributed by atoms with Crippen LogP contribution in [0.1, 0.15) is 29.5 Å². The third-order valence-electron chi connectivity index (χ3n) is 3.94. The molecule has 0 spiro atoms. The molecule has 1 aliphatic heterocycles. The Balaban J connectivity index is 2.11. The van der Waals surface area contributed by atoms with Gasteiger partial charge in [-0.05, 0) is 43.9 Å². The van der Waals surface area contributed by atoms with Crippen LogP contribution in [0.5, 0.6) is 5.75 Å². The molecule has 1 N–H and O–H groups in total. The van der Waals surface area contributed by atoms with Crippen LogP contribution >= 0.6 is 0 Å². The SMILES string of the molecule is COc1cc(C)cc(C)c1CC(=O)N1CCC(O)CC1. The first-order valence-electron chi connectivity index (χ1n) is 7.11. The van der Waals surface area contributed by atoms with E-state index in [1.54, 1.807) is 7.11 Å². The van der Waals surface area contributed by atoms with E-state index < -0.39 is 0 Å². The molecule has 1 aromatic carbocycles. The lowest BCUT2D eigenvalue weighted by molar-refractivity contribution is -0.132. The van der Waals surface area contributed by atoms with E-state index in [2.05, 4.69) is 6.07 Å². The molecule has 0 saturated carbocycles. The zero-order valence-corrected chi connectivity index (χ0v) is 12.5.